The molecule has 0 saturated carbocycles. The van der Waals surface area contributed by atoms with Crippen LogP contribution in [-0.2, 0) is 0 Å². The van der Waals surface area contributed by atoms with E-state index < -0.39 is 0 Å². The lowest BCUT2D eigenvalue weighted by atomic mass is 9.98. The standard InChI is InChI=1S/C20H15FINO/c21-16-12-10-15(11-13-16)19(14-6-2-1-3-7-14)23-20(24)17-8-4-5-9-18(17)22/h1-13,19H,(H,23,24). The summed E-state index contributed by atoms with van der Waals surface area (Å²) < 4.78 is 14.1. The highest BCUT2D eigenvalue weighted by molar-refractivity contribution is 14.1. The highest BCUT2D eigenvalue weighted by Gasteiger charge is 2.19. The van der Waals surface area contributed by atoms with Crippen molar-refractivity contribution < 1.29 is 9.18 Å². The van der Waals surface area contributed by atoms with E-state index in [-0.39, 0.29) is 17.8 Å². The minimum absolute atomic E-state index is 0.154. The molecule has 0 saturated heterocycles. The van der Waals surface area contributed by atoms with Gasteiger partial charge in [-0.2, -0.15) is 0 Å². The molecule has 120 valence electrons. The second-order valence-electron chi connectivity index (χ2n) is 5.35. The number of rotatable bonds is 4. The summed E-state index contributed by atoms with van der Waals surface area (Å²) in [6.45, 7) is 0. The van der Waals surface area contributed by atoms with Crippen LogP contribution in [-0.4, -0.2) is 5.91 Å². The van der Waals surface area contributed by atoms with Gasteiger partial charge < -0.3 is 5.32 Å². The Bertz CT molecular complexity index is 834. The third-order valence-electron chi connectivity index (χ3n) is 3.73. The summed E-state index contributed by atoms with van der Waals surface area (Å²) in [5, 5.41) is 3.06. The first-order valence-electron chi connectivity index (χ1n) is 7.51. The number of carbonyl (C=O) groups excluding carboxylic acids is 1. The SMILES string of the molecule is O=C(NC(c1ccccc1)c1ccc(F)cc1)c1ccccc1I. The molecule has 24 heavy (non-hydrogen) atoms. The van der Waals surface area contributed by atoms with Crippen molar-refractivity contribution in [3.05, 3.63) is 105 Å². The minimum atomic E-state index is -0.338. The van der Waals surface area contributed by atoms with E-state index in [1.807, 2.05) is 48.5 Å². The van der Waals surface area contributed by atoms with E-state index in [0.29, 0.717) is 5.56 Å². The number of benzene rings is 3. The van der Waals surface area contributed by atoms with E-state index in [2.05, 4.69) is 27.9 Å². The third-order valence-corrected chi connectivity index (χ3v) is 4.67. The van der Waals surface area contributed by atoms with Crippen molar-refractivity contribution in [2.75, 3.05) is 0 Å². The van der Waals surface area contributed by atoms with Crippen molar-refractivity contribution in [2.24, 2.45) is 0 Å². The average molecular weight is 431 g/mol. The van der Waals surface area contributed by atoms with Crippen LogP contribution < -0.4 is 5.32 Å². The molecular weight excluding hydrogens is 416 g/mol. The number of amides is 1. The molecule has 0 spiro atoms. The lowest BCUT2D eigenvalue weighted by molar-refractivity contribution is 0.0942. The Labute approximate surface area is 153 Å². The van der Waals surface area contributed by atoms with Gasteiger partial charge in [-0.05, 0) is 58.0 Å². The van der Waals surface area contributed by atoms with Crippen LogP contribution in [0.2, 0.25) is 0 Å². The predicted molar refractivity (Wildman–Crippen MR) is 101 cm³/mol. The molecule has 0 bridgehead atoms. The van der Waals surface area contributed by atoms with Gasteiger partial charge in [0, 0.05) is 3.57 Å². The van der Waals surface area contributed by atoms with Gasteiger partial charge in [-0.15, -0.1) is 0 Å². The molecule has 0 radical (unpaired) electrons. The van der Waals surface area contributed by atoms with E-state index >= 15 is 0 Å². The summed E-state index contributed by atoms with van der Waals surface area (Å²) >= 11 is 2.15. The van der Waals surface area contributed by atoms with Gasteiger partial charge in [0.2, 0.25) is 0 Å². The lowest BCUT2D eigenvalue weighted by Crippen LogP contribution is -2.29. The second kappa shape index (κ2) is 7.57. The first-order chi connectivity index (χ1) is 11.6. The van der Waals surface area contributed by atoms with Gasteiger partial charge in [-0.1, -0.05) is 54.6 Å². The lowest BCUT2D eigenvalue weighted by Gasteiger charge is -2.20. The number of nitrogens with one attached hydrogen (secondary N) is 1. The zero-order chi connectivity index (χ0) is 16.9. The highest BCUT2D eigenvalue weighted by atomic mass is 127. The zero-order valence-corrected chi connectivity index (χ0v) is 14.9. The van der Waals surface area contributed by atoms with Crippen LogP contribution in [0.15, 0.2) is 78.9 Å². The quantitative estimate of drug-likeness (QED) is 0.582. The Morgan fingerprint density at radius 2 is 1.42 bits per heavy atom. The Morgan fingerprint density at radius 3 is 2.08 bits per heavy atom. The summed E-state index contributed by atoms with van der Waals surface area (Å²) in [6, 6.07) is 23.0. The molecule has 0 heterocycles. The van der Waals surface area contributed by atoms with Gasteiger partial charge in [0.1, 0.15) is 5.82 Å². The van der Waals surface area contributed by atoms with Crippen LogP contribution in [0.4, 0.5) is 4.39 Å². The summed E-state index contributed by atoms with van der Waals surface area (Å²) in [6.07, 6.45) is 0. The number of hydrogen-bond acceptors (Lipinski definition) is 1. The third kappa shape index (κ3) is 3.82. The maximum Gasteiger partial charge on any atom is 0.253 e. The first-order valence-corrected chi connectivity index (χ1v) is 8.59. The van der Waals surface area contributed by atoms with Crippen molar-refractivity contribution in [3.8, 4) is 0 Å². The van der Waals surface area contributed by atoms with E-state index in [1.54, 1.807) is 18.2 Å². The van der Waals surface area contributed by atoms with Crippen LogP contribution in [0.1, 0.15) is 27.5 Å². The Balaban J connectivity index is 1.95. The summed E-state index contributed by atoms with van der Waals surface area (Å²) in [5.41, 5.74) is 2.41. The van der Waals surface area contributed by atoms with Crippen LogP contribution >= 0.6 is 22.6 Å². The second-order valence-corrected chi connectivity index (χ2v) is 6.51. The average Bonchev–Trinajstić information content (AvgIpc) is 2.61. The molecule has 0 aliphatic carbocycles. The van der Waals surface area contributed by atoms with Crippen LogP contribution in [0.3, 0.4) is 0 Å². The fourth-order valence-corrected chi connectivity index (χ4v) is 3.15. The van der Waals surface area contributed by atoms with Gasteiger partial charge >= 0.3 is 0 Å². The predicted octanol–water partition coefficient (Wildman–Crippen LogP) is 4.95. The molecule has 1 unspecified atom stereocenters. The smallest absolute Gasteiger partial charge is 0.253 e. The minimum Gasteiger partial charge on any atom is -0.341 e. The van der Waals surface area contributed by atoms with Crippen LogP contribution in [0, 0.1) is 9.39 Å². The molecular formula is C20H15FINO. The van der Waals surface area contributed by atoms with Gasteiger partial charge in [0.05, 0.1) is 11.6 Å². The van der Waals surface area contributed by atoms with Crippen molar-refractivity contribution in [2.45, 2.75) is 6.04 Å². The van der Waals surface area contributed by atoms with E-state index in [1.165, 1.54) is 12.1 Å². The molecule has 0 aromatic heterocycles. The fraction of sp³-hybridized carbons (Fsp3) is 0.0500. The number of halogens is 2. The van der Waals surface area contributed by atoms with E-state index in [0.717, 1.165) is 14.7 Å². The molecule has 3 aromatic rings. The maximum absolute atomic E-state index is 13.2. The van der Waals surface area contributed by atoms with Gasteiger partial charge in [-0.3, -0.25) is 4.79 Å². The molecule has 3 rings (SSSR count). The van der Waals surface area contributed by atoms with Crippen LogP contribution in [0.25, 0.3) is 0 Å². The molecule has 3 aromatic carbocycles. The van der Waals surface area contributed by atoms with E-state index in [4.69, 9.17) is 0 Å². The first kappa shape index (κ1) is 16.6. The molecule has 1 atom stereocenters. The molecule has 4 heteroatoms. The van der Waals surface area contributed by atoms with Crippen molar-refractivity contribution in [3.63, 3.8) is 0 Å². The Kier molecular flexibility index (Phi) is 5.25. The molecule has 0 aliphatic rings. The fourth-order valence-electron chi connectivity index (χ4n) is 2.51. The zero-order valence-electron chi connectivity index (χ0n) is 12.7. The molecule has 0 aliphatic heterocycles. The Morgan fingerprint density at radius 1 is 0.833 bits per heavy atom. The summed E-state index contributed by atoms with van der Waals surface area (Å²) in [4.78, 5) is 12.7. The Hall–Kier alpha value is -2.21. The van der Waals surface area contributed by atoms with Crippen LogP contribution in [0.5, 0.6) is 0 Å². The molecule has 2 nitrogen and oxygen atoms in total. The summed E-state index contributed by atoms with van der Waals surface area (Å²) in [5.74, 6) is -0.451. The van der Waals surface area contributed by atoms with Gasteiger partial charge in [0.25, 0.3) is 5.91 Å². The normalized spacial score (nSPS) is 11.8. The topological polar surface area (TPSA) is 29.1 Å². The monoisotopic (exact) mass is 431 g/mol. The van der Waals surface area contributed by atoms with Gasteiger partial charge in [-0.25, -0.2) is 4.39 Å². The van der Waals surface area contributed by atoms with Crippen molar-refractivity contribution in [1.29, 1.82) is 0 Å². The molecule has 0 fully saturated rings. The largest absolute Gasteiger partial charge is 0.341 e. The van der Waals surface area contributed by atoms with Gasteiger partial charge in [0.15, 0.2) is 0 Å². The number of hydrogen-bond donors (Lipinski definition) is 1. The summed E-state index contributed by atoms with van der Waals surface area (Å²) in [7, 11) is 0. The number of carbonyl (C=O) groups is 1. The maximum atomic E-state index is 13.2. The van der Waals surface area contributed by atoms with Crippen molar-refractivity contribution in [1.82, 2.24) is 5.32 Å². The van der Waals surface area contributed by atoms with E-state index in [9.17, 15) is 9.18 Å². The molecule has 1 N–H and O–H groups in total. The molecule has 1 amide bonds. The van der Waals surface area contributed by atoms with Crippen molar-refractivity contribution >= 4 is 28.5 Å². The highest BCUT2D eigenvalue weighted by Crippen LogP contribution is 2.23.